The monoisotopic (exact) mass is 312 g/mol. The first-order valence-corrected chi connectivity index (χ1v) is 7.01. The van der Waals surface area contributed by atoms with Crippen molar-refractivity contribution in [2.75, 3.05) is 13.2 Å². The van der Waals surface area contributed by atoms with Gasteiger partial charge in [0.15, 0.2) is 0 Å². The van der Waals surface area contributed by atoms with Crippen LogP contribution in [0.15, 0.2) is 22.8 Å². The number of halogens is 1. The average Bonchev–Trinajstić information content (AvgIpc) is 3.16. The summed E-state index contributed by atoms with van der Waals surface area (Å²) in [5.41, 5.74) is 0.706. The van der Waals surface area contributed by atoms with Gasteiger partial charge in [0.05, 0.1) is 12.3 Å². The Bertz CT molecular complexity index is 404. The van der Waals surface area contributed by atoms with Gasteiger partial charge in [-0.1, -0.05) is 0 Å². The quantitative estimate of drug-likeness (QED) is 0.820. The molecule has 1 heterocycles. The fourth-order valence-corrected chi connectivity index (χ4v) is 1.93. The van der Waals surface area contributed by atoms with E-state index in [0.29, 0.717) is 18.2 Å². The fraction of sp³-hybridized carbons (Fsp3) is 0.538. The lowest BCUT2D eigenvalue weighted by Gasteiger charge is -2.16. The van der Waals surface area contributed by atoms with Crippen molar-refractivity contribution in [2.45, 2.75) is 25.8 Å². The van der Waals surface area contributed by atoms with Crippen LogP contribution >= 0.6 is 15.9 Å². The molecule has 98 valence electrons. The number of pyridine rings is 1. The third kappa shape index (κ3) is 3.78. The van der Waals surface area contributed by atoms with Crippen LogP contribution < -0.4 is 5.32 Å². The van der Waals surface area contributed by atoms with E-state index < -0.39 is 6.04 Å². The summed E-state index contributed by atoms with van der Waals surface area (Å²) in [6.07, 6.45) is 4.19. The van der Waals surface area contributed by atoms with Crippen LogP contribution in [-0.2, 0) is 9.53 Å². The summed E-state index contributed by atoms with van der Waals surface area (Å²) in [5, 5.41) is 3.25. The summed E-state index contributed by atoms with van der Waals surface area (Å²) in [6, 6.07) is 3.26. The van der Waals surface area contributed by atoms with Gasteiger partial charge in [-0.3, -0.25) is 10.3 Å². The number of esters is 1. The van der Waals surface area contributed by atoms with Crippen molar-refractivity contribution in [3.05, 3.63) is 28.5 Å². The van der Waals surface area contributed by atoms with E-state index in [0.717, 1.165) is 11.0 Å². The first-order chi connectivity index (χ1) is 8.70. The summed E-state index contributed by atoms with van der Waals surface area (Å²) >= 11 is 3.34. The van der Waals surface area contributed by atoms with Crippen LogP contribution in [0.1, 0.15) is 31.5 Å². The van der Waals surface area contributed by atoms with Crippen molar-refractivity contribution in [1.82, 2.24) is 10.3 Å². The molecule has 4 nitrogen and oxygen atoms in total. The topological polar surface area (TPSA) is 51.2 Å². The van der Waals surface area contributed by atoms with Crippen LogP contribution in [0, 0.1) is 5.92 Å². The molecular formula is C13H17BrN2O2. The number of aromatic nitrogens is 1. The van der Waals surface area contributed by atoms with Gasteiger partial charge in [0, 0.05) is 10.7 Å². The Morgan fingerprint density at radius 1 is 1.61 bits per heavy atom. The zero-order valence-corrected chi connectivity index (χ0v) is 11.9. The standard InChI is InChI=1S/C13H17BrN2O2/c1-2-18-13(17)12(16-7-9-3-4-9)11-6-5-10(14)8-15-11/h5-6,8-9,12,16H,2-4,7H2,1H3. The fourth-order valence-electron chi connectivity index (χ4n) is 1.70. The highest BCUT2D eigenvalue weighted by atomic mass is 79.9. The highest BCUT2D eigenvalue weighted by molar-refractivity contribution is 9.10. The minimum Gasteiger partial charge on any atom is -0.465 e. The number of ether oxygens (including phenoxy) is 1. The Morgan fingerprint density at radius 2 is 2.39 bits per heavy atom. The van der Waals surface area contributed by atoms with Crippen LogP contribution in [0.3, 0.4) is 0 Å². The highest BCUT2D eigenvalue weighted by Crippen LogP contribution is 2.28. The normalized spacial score (nSPS) is 16.3. The van der Waals surface area contributed by atoms with Gasteiger partial charge in [-0.05, 0) is 60.3 Å². The van der Waals surface area contributed by atoms with Gasteiger partial charge < -0.3 is 4.74 Å². The van der Waals surface area contributed by atoms with Crippen molar-refractivity contribution in [3.8, 4) is 0 Å². The maximum absolute atomic E-state index is 11.9. The smallest absolute Gasteiger partial charge is 0.329 e. The minimum atomic E-state index is -0.460. The molecule has 0 radical (unpaired) electrons. The highest BCUT2D eigenvalue weighted by Gasteiger charge is 2.27. The van der Waals surface area contributed by atoms with Gasteiger partial charge >= 0.3 is 5.97 Å². The summed E-state index contributed by atoms with van der Waals surface area (Å²) in [6.45, 7) is 3.04. The molecule has 0 saturated heterocycles. The number of hydrogen-bond donors (Lipinski definition) is 1. The van der Waals surface area contributed by atoms with E-state index in [1.807, 2.05) is 19.1 Å². The molecule has 1 aromatic heterocycles. The number of nitrogens with one attached hydrogen (secondary N) is 1. The second-order valence-electron chi connectivity index (χ2n) is 4.44. The van der Waals surface area contributed by atoms with Crippen LogP contribution in [0.25, 0.3) is 0 Å². The Hall–Kier alpha value is -0.940. The molecule has 5 heteroatoms. The molecule has 0 spiro atoms. The van der Waals surface area contributed by atoms with E-state index in [1.165, 1.54) is 12.8 Å². The molecule has 0 aromatic carbocycles. The molecule has 2 rings (SSSR count). The zero-order valence-electron chi connectivity index (χ0n) is 10.4. The molecule has 0 aliphatic heterocycles. The molecule has 0 bridgehead atoms. The summed E-state index contributed by atoms with van der Waals surface area (Å²) in [7, 11) is 0. The Labute approximate surface area is 115 Å². The second kappa shape index (κ2) is 6.29. The number of carbonyl (C=O) groups is 1. The lowest BCUT2D eigenvalue weighted by Crippen LogP contribution is -2.32. The van der Waals surface area contributed by atoms with E-state index in [-0.39, 0.29) is 5.97 Å². The predicted octanol–water partition coefficient (Wildman–Crippen LogP) is 2.45. The lowest BCUT2D eigenvalue weighted by atomic mass is 10.2. The van der Waals surface area contributed by atoms with Gasteiger partial charge in [0.25, 0.3) is 0 Å². The molecule has 1 N–H and O–H groups in total. The second-order valence-corrected chi connectivity index (χ2v) is 5.35. The molecular weight excluding hydrogens is 296 g/mol. The Balaban J connectivity index is 2.06. The molecule has 0 amide bonds. The Morgan fingerprint density at radius 3 is 2.94 bits per heavy atom. The number of hydrogen-bond acceptors (Lipinski definition) is 4. The first-order valence-electron chi connectivity index (χ1n) is 6.22. The zero-order chi connectivity index (χ0) is 13.0. The molecule has 1 fully saturated rings. The molecule has 1 aromatic rings. The summed E-state index contributed by atoms with van der Waals surface area (Å²) in [5.74, 6) is 0.449. The van der Waals surface area contributed by atoms with Crippen molar-refractivity contribution in [2.24, 2.45) is 5.92 Å². The van der Waals surface area contributed by atoms with Crippen LogP contribution in [-0.4, -0.2) is 24.1 Å². The first kappa shape index (κ1) is 13.5. The van der Waals surface area contributed by atoms with E-state index in [1.54, 1.807) is 6.20 Å². The summed E-state index contributed by atoms with van der Waals surface area (Å²) < 4.78 is 5.99. The molecule has 1 aliphatic rings. The van der Waals surface area contributed by atoms with Gasteiger partial charge in [-0.25, -0.2) is 4.79 Å². The van der Waals surface area contributed by atoms with E-state index in [2.05, 4.69) is 26.2 Å². The largest absolute Gasteiger partial charge is 0.465 e. The SMILES string of the molecule is CCOC(=O)C(NCC1CC1)c1ccc(Br)cn1. The number of rotatable bonds is 6. The Kier molecular flexibility index (Phi) is 4.72. The molecule has 1 atom stereocenters. The molecule has 1 saturated carbocycles. The molecule has 18 heavy (non-hydrogen) atoms. The van der Waals surface area contributed by atoms with Gasteiger partial charge in [0.1, 0.15) is 6.04 Å². The number of carbonyl (C=O) groups excluding carboxylic acids is 1. The summed E-state index contributed by atoms with van der Waals surface area (Å²) in [4.78, 5) is 16.2. The third-order valence-corrected chi connectivity index (χ3v) is 3.34. The molecule has 1 aliphatic carbocycles. The molecule has 1 unspecified atom stereocenters. The van der Waals surface area contributed by atoms with E-state index in [4.69, 9.17) is 4.74 Å². The van der Waals surface area contributed by atoms with Gasteiger partial charge in [-0.2, -0.15) is 0 Å². The van der Waals surface area contributed by atoms with Crippen molar-refractivity contribution in [3.63, 3.8) is 0 Å². The lowest BCUT2D eigenvalue weighted by molar-refractivity contribution is -0.146. The van der Waals surface area contributed by atoms with Gasteiger partial charge in [0.2, 0.25) is 0 Å². The van der Waals surface area contributed by atoms with Crippen LogP contribution in [0.4, 0.5) is 0 Å². The van der Waals surface area contributed by atoms with Gasteiger partial charge in [-0.15, -0.1) is 0 Å². The van der Waals surface area contributed by atoms with Crippen molar-refractivity contribution < 1.29 is 9.53 Å². The van der Waals surface area contributed by atoms with E-state index >= 15 is 0 Å². The minimum absolute atomic E-state index is 0.257. The van der Waals surface area contributed by atoms with E-state index in [9.17, 15) is 4.79 Å². The number of nitrogens with zero attached hydrogens (tertiary/aromatic N) is 1. The van der Waals surface area contributed by atoms with Crippen LogP contribution in [0.5, 0.6) is 0 Å². The predicted molar refractivity (Wildman–Crippen MR) is 72.0 cm³/mol. The van der Waals surface area contributed by atoms with Crippen molar-refractivity contribution in [1.29, 1.82) is 0 Å². The van der Waals surface area contributed by atoms with Crippen LogP contribution in [0.2, 0.25) is 0 Å². The maximum atomic E-state index is 11.9. The van der Waals surface area contributed by atoms with Crippen molar-refractivity contribution >= 4 is 21.9 Å². The third-order valence-electron chi connectivity index (χ3n) is 2.88. The average molecular weight is 313 g/mol. The maximum Gasteiger partial charge on any atom is 0.329 e.